The molecular formula is C16H13NO. The van der Waals surface area contributed by atoms with Crippen LogP contribution in [0.5, 0.6) is 0 Å². The van der Waals surface area contributed by atoms with Gasteiger partial charge in [-0.15, -0.1) is 0 Å². The van der Waals surface area contributed by atoms with E-state index in [0.29, 0.717) is 5.56 Å². The summed E-state index contributed by atoms with van der Waals surface area (Å²) in [5, 5.41) is 0. The number of hydrogen-bond acceptors (Lipinski definition) is 1. The minimum Gasteiger partial charge on any atom is -0.268 e. The number of hydrogen-bond donors (Lipinski definition) is 0. The molecule has 0 aliphatic carbocycles. The summed E-state index contributed by atoms with van der Waals surface area (Å²) in [6.45, 7) is 1.72. The molecule has 0 saturated heterocycles. The molecule has 88 valence electrons. The minimum absolute atomic E-state index is 0.115. The van der Waals surface area contributed by atoms with Gasteiger partial charge in [0, 0.05) is 11.6 Å². The van der Waals surface area contributed by atoms with E-state index in [1.54, 1.807) is 19.1 Å². The molecule has 2 nitrogen and oxygen atoms in total. The lowest BCUT2D eigenvalue weighted by Gasteiger charge is -2.15. The Balaban J connectivity index is 2.37. The smallest absolute Gasteiger partial charge is 0.268 e. The molecule has 0 bridgehead atoms. The molecule has 0 fully saturated rings. The lowest BCUT2D eigenvalue weighted by atomic mass is 10.2. The summed E-state index contributed by atoms with van der Waals surface area (Å²) < 4.78 is 0. The molecule has 18 heavy (non-hydrogen) atoms. The van der Waals surface area contributed by atoms with Crippen molar-refractivity contribution in [1.29, 1.82) is 0 Å². The third-order valence-corrected chi connectivity index (χ3v) is 2.46. The Morgan fingerprint density at radius 3 is 2.06 bits per heavy atom. The summed E-state index contributed by atoms with van der Waals surface area (Å²) in [6.07, 6.45) is 0. The van der Waals surface area contributed by atoms with Crippen molar-refractivity contribution >= 4 is 11.6 Å². The van der Waals surface area contributed by atoms with Crippen LogP contribution < -0.4 is 4.90 Å². The fraction of sp³-hybridized carbons (Fsp3) is 0.0625. The number of amides is 1. The van der Waals surface area contributed by atoms with Gasteiger partial charge in [-0.05, 0) is 31.2 Å². The van der Waals surface area contributed by atoms with Gasteiger partial charge in [0.25, 0.3) is 5.91 Å². The molecule has 0 aliphatic heterocycles. The van der Waals surface area contributed by atoms with Crippen LogP contribution in [0.4, 0.5) is 5.69 Å². The van der Waals surface area contributed by atoms with Gasteiger partial charge in [-0.1, -0.05) is 42.3 Å². The molecule has 2 aromatic rings. The molecule has 2 heteroatoms. The fourth-order valence-electron chi connectivity index (χ4n) is 1.63. The number of benzene rings is 2. The number of carbonyl (C=O) groups is 1. The van der Waals surface area contributed by atoms with Gasteiger partial charge in [0.05, 0.1) is 5.69 Å². The highest BCUT2D eigenvalue weighted by molar-refractivity contribution is 6.08. The number of carbonyl (C=O) groups excluding carboxylic acids is 1. The maximum atomic E-state index is 12.4. The second-order valence-corrected chi connectivity index (χ2v) is 3.70. The van der Waals surface area contributed by atoms with Crippen molar-refractivity contribution in [3.63, 3.8) is 0 Å². The fourth-order valence-corrected chi connectivity index (χ4v) is 1.63. The molecule has 0 atom stereocenters. The van der Waals surface area contributed by atoms with Gasteiger partial charge in [-0.3, -0.25) is 4.79 Å². The SMILES string of the molecule is CC#CN(C(=O)c1ccccc1)c1ccccc1. The summed E-state index contributed by atoms with van der Waals surface area (Å²) in [4.78, 5) is 13.8. The summed E-state index contributed by atoms with van der Waals surface area (Å²) >= 11 is 0. The third-order valence-electron chi connectivity index (χ3n) is 2.46. The Kier molecular flexibility index (Phi) is 3.78. The topological polar surface area (TPSA) is 20.3 Å². The van der Waals surface area contributed by atoms with Crippen LogP contribution >= 0.6 is 0 Å². The van der Waals surface area contributed by atoms with Crippen molar-refractivity contribution in [1.82, 2.24) is 0 Å². The molecule has 0 spiro atoms. The van der Waals surface area contributed by atoms with E-state index in [9.17, 15) is 4.79 Å². The van der Waals surface area contributed by atoms with Crippen molar-refractivity contribution in [2.45, 2.75) is 6.92 Å². The number of para-hydroxylation sites is 1. The third kappa shape index (κ3) is 2.58. The summed E-state index contributed by atoms with van der Waals surface area (Å²) in [7, 11) is 0. The van der Waals surface area contributed by atoms with Crippen molar-refractivity contribution in [3.8, 4) is 12.0 Å². The van der Waals surface area contributed by atoms with E-state index in [1.807, 2.05) is 48.5 Å². The number of nitrogens with zero attached hydrogens (tertiary/aromatic N) is 1. The van der Waals surface area contributed by atoms with Gasteiger partial charge < -0.3 is 0 Å². The molecule has 0 aromatic heterocycles. The highest BCUT2D eigenvalue weighted by Crippen LogP contribution is 2.15. The molecular weight excluding hydrogens is 222 g/mol. The summed E-state index contributed by atoms with van der Waals surface area (Å²) in [5.74, 6) is 2.66. The van der Waals surface area contributed by atoms with Crippen LogP contribution in [0.2, 0.25) is 0 Å². The van der Waals surface area contributed by atoms with E-state index in [2.05, 4.69) is 12.0 Å². The lowest BCUT2D eigenvalue weighted by Crippen LogP contribution is -2.25. The highest BCUT2D eigenvalue weighted by atomic mass is 16.2. The quantitative estimate of drug-likeness (QED) is 0.577. The van der Waals surface area contributed by atoms with Crippen molar-refractivity contribution in [2.75, 3.05) is 4.90 Å². The summed E-state index contributed by atoms with van der Waals surface area (Å²) in [6, 6.07) is 21.4. The molecule has 2 aromatic carbocycles. The van der Waals surface area contributed by atoms with Gasteiger partial charge >= 0.3 is 0 Å². The molecule has 0 aliphatic rings. The molecule has 0 radical (unpaired) electrons. The standard InChI is InChI=1S/C16H13NO/c1-2-13-17(15-11-7-4-8-12-15)16(18)14-9-5-3-6-10-14/h3-12H,1H3. The first-order valence-electron chi connectivity index (χ1n) is 5.70. The molecule has 0 N–H and O–H groups in total. The first-order chi connectivity index (χ1) is 8.83. The Morgan fingerprint density at radius 1 is 0.944 bits per heavy atom. The summed E-state index contributed by atoms with van der Waals surface area (Å²) in [5.41, 5.74) is 1.41. The zero-order chi connectivity index (χ0) is 12.8. The van der Waals surface area contributed by atoms with Gasteiger partial charge in [-0.2, -0.15) is 0 Å². The Bertz CT molecular complexity index is 579. The van der Waals surface area contributed by atoms with E-state index in [1.165, 1.54) is 4.90 Å². The normalized spacial score (nSPS) is 9.17. The zero-order valence-electron chi connectivity index (χ0n) is 10.1. The van der Waals surface area contributed by atoms with Crippen LogP contribution in [-0.2, 0) is 0 Å². The first kappa shape index (κ1) is 11.9. The van der Waals surface area contributed by atoms with E-state index in [-0.39, 0.29) is 5.91 Å². The zero-order valence-corrected chi connectivity index (χ0v) is 10.1. The van der Waals surface area contributed by atoms with E-state index < -0.39 is 0 Å². The number of rotatable bonds is 2. The largest absolute Gasteiger partial charge is 0.270 e. The van der Waals surface area contributed by atoms with Crippen LogP contribution in [0.25, 0.3) is 0 Å². The van der Waals surface area contributed by atoms with Gasteiger partial charge in [-0.25, -0.2) is 4.90 Å². The molecule has 0 heterocycles. The molecule has 0 saturated carbocycles. The van der Waals surface area contributed by atoms with E-state index in [4.69, 9.17) is 0 Å². The maximum absolute atomic E-state index is 12.4. The maximum Gasteiger partial charge on any atom is 0.270 e. The average Bonchev–Trinajstić information content (AvgIpc) is 2.46. The van der Waals surface area contributed by atoms with Crippen molar-refractivity contribution in [2.24, 2.45) is 0 Å². The Morgan fingerprint density at radius 2 is 1.50 bits per heavy atom. The van der Waals surface area contributed by atoms with Crippen LogP contribution in [0.3, 0.4) is 0 Å². The minimum atomic E-state index is -0.115. The van der Waals surface area contributed by atoms with Crippen molar-refractivity contribution < 1.29 is 4.79 Å². The van der Waals surface area contributed by atoms with E-state index >= 15 is 0 Å². The molecule has 1 amide bonds. The van der Waals surface area contributed by atoms with Crippen LogP contribution in [-0.4, -0.2) is 5.91 Å². The second-order valence-electron chi connectivity index (χ2n) is 3.70. The monoisotopic (exact) mass is 235 g/mol. The van der Waals surface area contributed by atoms with Gasteiger partial charge in [0.1, 0.15) is 0 Å². The molecule has 0 unspecified atom stereocenters. The van der Waals surface area contributed by atoms with E-state index in [0.717, 1.165) is 5.69 Å². The Labute approximate surface area is 107 Å². The highest BCUT2D eigenvalue weighted by Gasteiger charge is 2.15. The van der Waals surface area contributed by atoms with Crippen molar-refractivity contribution in [3.05, 3.63) is 66.2 Å². The lowest BCUT2D eigenvalue weighted by molar-refractivity contribution is 0.1000. The Hall–Kier alpha value is -2.53. The van der Waals surface area contributed by atoms with Crippen LogP contribution in [0.15, 0.2) is 60.7 Å². The van der Waals surface area contributed by atoms with Gasteiger partial charge in [0.15, 0.2) is 0 Å². The predicted molar refractivity (Wildman–Crippen MR) is 73.1 cm³/mol. The van der Waals surface area contributed by atoms with Crippen LogP contribution in [0.1, 0.15) is 17.3 Å². The van der Waals surface area contributed by atoms with Gasteiger partial charge in [0.2, 0.25) is 0 Å². The first-order valence-corrected chi connectivity index (χ1v) is 5.70. The second kappa shape index (κ2) is 5.70. The average molecular weight is 235 g/mol. The number of anilines is 1. The predicted octanol–water partition coefficient (Wildman–Crippen LogP) is 3.31. The molecule has 2 rings (SSSR count). The van der Waals surface area contributed by atoms with Crippen LogP contribution in [0, 0.1) is 12.0 Å².